The SMILES string of the molecule is CCCCN(CCCC)CCCN1C(=O)C(=O)/C(=C(\O)c2ccc(C)cc2)C1c1ccc(C(=O)OC)cc1. The fourth-order valence-electron chi connectivity index (χ4n) is 4.81. The van der Waals surface area contributed by atoms with Crippen LogP contribution in [0.2, 0.25) is 0 Å². The number of carbonyl (C=O) groups excluding carboxylic acids is 3. The smallest absolute Gasteiger partial charge is 0.337 e. The van der Waals surface area contributed by atoms with E-state index < -0.39 is 23.7 Å². The number of carbonyl (C=O) groups is 3. The van der Waals surface area contributed by atoms with Gasteiger partial charge in [0.1, 0.15) is 5.76 Å². The maximum Gasteiger partial charge on any atom is 0.337 e. The Kier molecular flexibility index (Phi) is 10.7. The van der Waals surface area contributed by atoms with Crippen LogP contribution >= 0.6 is 0 Å². The van der Waals surface area contributed by atoms with Crippen LogP contribution in [0.15, 0.2) is 54.1 Å². The summed E-state index contributed by atoms with van der Waals surface area (Å²) in [5, 5.41) is 11.2. The van der Waals surface area contributed by atoms with Crippen LogP contribution in [0.5, 0.6) is 0 Å². The van der Waals surface area contributed by atoms with E-state index in [0.29, 0.717) is 29.7 Å². The van der Waals surface area contributed by atoms with Gasteiger partial charge in [-0.3, -0.25) is 9.59 Å². The molecule has 1 unspecified atom stereocenters. The minimum Gasteiger partial charge on any atom is -0.507 e. The molecule has 0 aromatic heterocycles. The molecule has 0 bridgehead atoms. The molecule has 2 aromatic rings. The van der Waals surface area contributed by atoms with Crippen molar-refractivity contribution in [2.45, 2.75) is 58.9 Å². The summed E-state index contributed by atoms with van der Waals surface area (Å²) in [5.41, 5.74) is 2.59. The molecule has 7 nitrogen and oxygen atoms in total. The number of Topliss-reactive ketones (excluding diaryl/α,β-unsaturated/α-hetero) is 1. The molecule has 0 saturated carbocycles. The van der Waals surface area contributed by atoms with Crippen molar-refractivity contribution in [1.82, 2.24) is 9.80 Å². The molecule has 1 aliphatic heterocycles. The van der Waals surface area contributed by atoms with Crippen LogP contribution < -0.4 is 0 Å². The minimum absolute atomic E-state index is 0.0680. The minimum atomic E-state index is -0.747. The Balaban J connectivity index is 1.94. The summed E-state index contributed by atoms with van der Waals surface area (Å²) >= 11 is 0. The Hall–Kier alpha value is -3.45. The van der Waals surface area contributed by atoms with Gasteiger partial charge in [-0.05, 0) is 63.5 Å². The van der Waals surface area contributed by atoms with Gasteiger partial charge < -0.3 is 19.6 Å². The Bertz CT molecular complexity index is 1130. The topological polar surface area (TPSA) is 87.2 Å². The van der Waals surface area contributed by atoms with Crippen molar-refractivity contribution in [2.75, 3.05) is 33.3 Å². The van der Waals surface area contributed by atoms with Crippen molar-refractivity contribution in [3.63, 3.8) is 0 Å². The molecule has 1 fully saturated rings. The second kappa shape index (κ2) is 13.9. The van der Waals surface area contributed by atoms with E-state index in [4.69, 9.17) is 4.74 Å². The third-order valence-electron chi connectivity index (χ3n) is 7.04. The summed E-state index contributed by atoms with van der Waals surface area (Å²) < 4.78 is 4.80. The van der Waals surface area contributed by atoms with E-state index in [1.165, 1.54) is 7.11 Å². The molecule has 0 aliphatic carbocycles. The highest BCUT2D eigenvalue weighted by molar-refractivity contribution is 6.46. The molecular weight excluding hydrogens is 480 g/mol. The van der Waals surface area contributed by atoms with Crippen molar-refractivity contribution < 1.29 is 24.2 Å². The van der Waals surface area contributed by atoms with Gasteiger partial charge in [0.2, 0.25) is 0 Å². The number of nitrogens with zero attached hydrogens (tertiary/aromatic N) is 2. The molecule has 3 rings (SSSR count). The highest BCUT2D eigenvalue weighted by atomic mass is 16.5. The third-order valence-corrected chi connectivity index (χ3v) is 7.04. The van der Waals surface area contributed by atoms with Crippen LogP contribution in [0.25, 0.3) is 5.76 Å². The van der Waals surface area contributed by atoms with Gasteiger partial charge in [0, 0.05) is 12.1 Å². The number of benzene rings is 2. The van der Waals surface area contributed by atoms with Gasteiger partial charge >= 0.3 is 5.97 Å². The number of esters is 1. The number of unbranched alkanes of at least 4 members (excludes halogenated alkanes) is 2. The van der Waals surface area contributed by atoms with Gasteiger partial charge in [-0.1, -0.05) is 68.7 Å². The highest BCUT2D eigenvalue weighted by Gasteiger charge is 2.45. The third kappa shape index (κ3) is 6.90. The number of amides is 1. The van der Waals surface area contributed by atoms with E-state index in [1.54, 1.807) is 41.3 Å². The van der Waals surface area contributed by atoms with Crippen LogP contribution in [0.3, 0.4) is 0 Å². The zero-order chi connectivity index (χ0) is 27.7. The quantitative estimate of drug-likeness (QED) is 0.163. The first-order chi connectivity index (χ1) is 18.3. The molecule has 1 aliphatic rings. The molecule has 1 saturated heterocycles. The summed E-state index contributed by atoms with van der Waals surface area (Å²) in [5.74, 6) is -1.97. The van der Waals surface area contributed by atoms with Crippen LogP contribution in [0.4, 0.5) is 0 Å². The number of methoxy groups -OCH3 is 1. The lowest BCUT2D eigenvalue weighted by atomic mass is 9.94. The predicted molar refractivity (Wildman–Crippen MR) is 149 cm³/mol. The number of likely N-dealkylation sites (tertiary alicyclic amines) is 1. The number of ketones is 1. The zero-order valence-corrected chi connectivity index (χ0v) is 23.0. The Morgan fingerprint density at radius 1 is 0.895 bits per heavy atom. The number of rotatable bonds is 13. The summed E-state index contributed by atoms with van der Waals surface area (Å²) in [6.45, 7) is 9.54. The van der Waals surface area contributed by atoms with E-state index in [1.807, 2.05) is 19.1 Å². The molecule has 38 heavy (non-hydrogen) atoms. The van der Waals surface area contributed by atoms with Gasteiger partial charge in [-0.25, -0.2) is 4.79 Å². The zero-order valence-electron chi connectivity index (χ0n) is 23.0. The fraction of sp³-hybridized carbons (Fsp3) is 0.452. The van der Waals surface area contributed by atoms with Crippen molar-refractivity contribution in [1.29, 1.82) is 0 Å². The van der Waals surface area contributed by atoms with Crippen molar-refractivity contribution in [2.24, 2.45) is 0 Å². The van der Waals surface area contributed by atoms with Crippen molar-refractivity contribution >= 4 is 23.4 Å². The van der Waals surface area contributed by atoms with Gasteiger partial charge in [0.25, 0.3) is 11.7 Å². The van der Waals surface area contributed by atoms with Crippen LogP contribution in [-0.4, -0.2) is 65.9 Å². The van der Waals surface area contributed by atoms with Gasteiger partial charge in [0.05, 0.1) is 24.3 Å². The lowest BCUT2D eigenvalue weighted by molar-refractivity contribution is -0.140. The molecule has 0 spiro atoms. The number of hydrogen-bond acceptors (Lipinski definition) is 6. The molecule has 7 heteroatoms. The summed E-state index contributed by atoms with van der Waals surface area (Å²) in [7, 11) is 1.32. The van der Waals surface area contributed by atoms with Crippen LogP contribution in [-0.2, 0) is 14.3 Å². The fourth-order valence-corrected chi connectivity index (χ4v) is 4.81. The number of aryl methyl sites for hydroxylation is 1. The van der Waals surface area contributed by atoms with Gasteiger partial charge in [-0.15, -0.1) is 0 Å². The van der Waals surface area contributed by atoms with E-state index in [0.717, 1.165) is 50.9 Å². The largest absolute Gasteiger partial charge is 0.507 e. The Morgan fingerprint density at radius 2 is 1.45 bits per heavy atom. The maximum absolute atomic E-state index is 13.3. The second-order valence-corrected chi connectivity index (χ2v) is 9.87. The van der Waals surface area contributed by atoms with Crippen molar-refractivity contribution in [3.8, 4) is 0 Å². The highest BCUT2D eigenvalue weighted by Crippen LogP contribution is 2.39. The molecule has 204 valence electrons. The number of ether oxygens (including phenoxy) is 1. The van der Waals surface area contributed by atoms with E-state index in [9.17, 15) is 19.5 Å². The van der Waals surface area contributed by atoms with Gasteiger partial charge in [-0.2, -0.15) is 0 Å². The first kappa shape index (κ1) is 29.1. The standard InChI is InChI=1S/C31H40N2O5/c1-5-7-18-32(19-8-6-2)20-9-21-33-27(23-14-16-25(17-15-23)31(37)38-4)26(29(35)30(33)36)28(34)24-12-10-22(3)11-13-24/h10-17,27,34H,5-9,18-21H2,1-4H3/b28-26-. The monoisotopic (exact) mass is 520 g/mol. The molecule has 1 N–H and O–H groups in total. The summed E-state index contributed by atoms with van der Waals surface area (Å²) in [6.07, 6.45) is 5.20. The Labute approximate surface area is 226 Å². The molecule has 2 aromatic carbocycles. The first-order valence-electron chi connectivity index (χ1n) is 13.6. The van der Waals surface area contributed by atoms with E-state index in [-0.39, 0.29) is 11.3 Å². The van der Waals surface area contributed by atoms with Crippen LogP contribution in [0.1, 0.15) is 79.0 Å². The van der Waals surface area contributed by atoms with Gasteiger partial charge in [0.15, 0.2) is 0 Å². The summed E-state index contributed by atoms with van der Waals surface area (Å²) in [4.78, 5) is 42.5. The average Bonchev–Trinajstić information content (AvgIpc) is 3.18. The van der Waals surface area contributed by atoms with E-state index in [2.05, 4.69) is 18.7 Å². The maximum atomic E-state index is 13.3. The molecule has 1 heterocycles. The number of hydrogen-bond donors (Lipinski definition) is 1. The predicted octanol–water partition coefficient (Wildman–Crippen LogP) is 5.50. The summed E-state index contributed by atoms with van der Waals surface area (Å²) in [6, 6.07) is 13.1. The average molecular weight is 521 g/mol. The number of aliphatic hydroxyl groups is 1. The molecule has 0 radical (unpaired) electrons. The lowest BCUT2D eigenvalue weighted by Crippen LogP contribution is -2.34. The first-order valence-corrected chi connectivity index (χ1v) is 13.6. The molecule has 1 amide bonds. The Morgan fingerprint density at radius 3 is 2.00 bits per heavy atom. The normalized spacial score (nSPS) is 16.9. The van der Waals surface area contributed by atoms with E-state index >= 15 is 0 Å². The van der Waals surface area contributed by atoms with Crippen LogP contribution in [0, 0.1) is 6.92 Å². The molecule has 1 atom stereocenters. The second-order valence-electron chi connectivity index (χ2n) is 9.87. The lowest BCUT2D eigenvalue weighted by Gasteiger charge is -2.27. The number of aliphatic hydroxyl groups excluding tert-OH is 1. The molecular formula is C31H40N2O5. The van der Waals surface area contributed by atoms with Crippen molar-refractivity contribution in [3.05, 3.63) is 76.4 Å².